The first-order valence-corrected chi connectivity index (χ1v) is 8.11. The van der Waals surface area contributed by atoms with Gasteiger partial charge in [-0.2, -0.15) is 5.10 Å². The van der Waals surface area contributed by atoms with Crippen molar-refractivity contribution in [2.24, 2.45) is 0 Å². The minimum atomic E-state index is -0.293. The third kappa shape index (κ3) is 3.05. The van der Waals surface area contributed by atoms with Gasteiger partial charge in [-0.15, -0.1) is 0 Å². The number of benzene rings is 1. The quantitative estimate of drug-likeness (QED) is 0.407. The highest BCUT2D eigenvalue weighted by Crippen LogP contribution is 2.30. The molecular formula is C16H16N4O2S. The monoisotopic (exact) mass is 328 g/mol. The Balaban J connectivity index is 2.01. The van der Waals surface area contributed by atoms with E-state index in [4.69, 9.17) is 4.74 Å². The Bertz CT molecular complexity index is 819. The number of carbonyl (C=O) groups is 1. The van der Waals surface area contributed by atoms with E-state index in [1.165, 1.54) is 25.2 Å². The van der Waals surface area contributed by atoms with Crippen molar-refractivity contribution in [2.75, 3.05) is 7.11 Å². The lowest BCUT2D eigenvalue weighted by molar-refractivity contribution is -0.140. The number of nitrogens with zero attached hydrogens (tertiary/aromatic N) is 4. The third-order valence-electron chi connectivity index (χ3n) is 3.42. The van der Waals surface area contributed by atoms with Crippen molar-refractivity contribution in [3.8, 4) is 5.69 Å². The molecule has 7 heteroatoms. The van der Waals surface area contributed by atoms with E-state index >= 15 is 0 Å². The van der Waals surface area contributed by atoms with Crippen molar-refractivity contribution in [1.29, 1.82) is 0 Å². The van der Waals surface area contributed by atoms with E-state index < -0.39 is 0 Å². The summed E-state index contributed by atoms with van der Waals surface area (Å²) in [6.07, 6.45) is 3.89. The first kappa shape index (κ1) is 15.5. The minimum absolute atomic E-state index is 0.250. The molecule has 2 aromatic heterocycles. The van der Waals surface area contributed by atoms with Crippen molar-refractivity contribution >= 4 is 28.8 Å². The summed E-state index contributed by atoms with van der Waals surface area (Å²) in [6.45, 7) is 1.94. The summed E-state index contributed by atoms with van der Waals surface area (Å²) in [6, 6.07) is 9.77. The van der Waals surface area contributed by atoms with Crippen LogP contribution in [0.2, 0.25) is 0 Å². The molecule has 0 aliphatic rings. The number of ether oxygens (including phenoxy) is 1. The Kier molecular flexibility index (Phi) is 4.57. The van der Waals surface area contributed by atoms with Gasteiger partial charge in [0, 0.05) is 0 Å². The fourth-order valence-electron chi connectivity index (χ4n) is 2.24. The van der Waals surface area contributed by atoms with Crippen LogP contribution in [0.3, 0.4) is 0 Å². The zero-order chi connectivity index (χ0) is 16.2. The Morgan fingerprint density at radius 3 is 2.78 bits per heavy atom. The number of thioether (sulfide) groups is 1. The minimum Gasteiger partial charge on any atom is -0.468 e. The number of fused-ring (bicyclic) bond motifs is 1. The topological polar surface area (TPSA) is 69.9 Å². The molecule has 118 valence electrons. The van der Waals surface area contributed by atoms with Gasteiger partial charge in [-0.3, -0.25) is 4.79 Å². The van der Waals surface area contributed by atoms with E-state index in [2.05, 4.69) is 15.1 Å². The number of rotatable bonds is 5. The van der Waals surface area contributed by atoms with Gasteiger partial charge in [-0.25, -0.2) is 14.6 Å². The fourth-order valence-corrected chi connectivity index (χ4v) is 3.25. The molecule has 0 fully saturated rings. The van der Waals surface area contributed by atoms with Gasteiger partial charge >= 0.3 is 5.97 Å². The lowest BCUT2D eigenvalue weighted by Crippen LogP contribution is -2.17. The SMILES string of the molecule is CC[C@H](Sc1ncnc2c1cnn2-c1ccccc1)C(=O)OC. The number of aromatic nitrogens is 4. The van der Waals surface area contributed by atoms with Gasteiger partial charge in [0.25, 0.3) is 0 Å². The third-order valence-corrected chi connectivity index (χ3v) is 4.78. The summed E-state index contributed by atoms with van der Waals surface area (Å²) in [7, 11) is 1.40. The number of methoxy groups -OCH3 is 1. The number of hydrogen-bond donors (Lipinski definition) is 0. The molecule has 6 nitrogen and oxygen atoms in total. The Morgan fingerprint density at radius 2 is 2.09 bits per heavy atom. The van der Waals surface area contributed by atoms with Gasteiger partial charge in [0.1, 0.15) is 16.6 Å². The predicted octanol–water partition coefficient (Wildman–Crippen LogP) is 2.86. The molecular weight excluding hydrogens is 312 g/mol. The maximum Gasteiger partial charge on any atom is 0.319 e. The van der Waals surface area contributed by atoms with Gasteiger partial charge in [0.2, 0.25) is 0 Å². The van der Waals surface area contributed by atoms with Gasteiger partial charge < -0.3 is 4.74 Å². The molecule has 0 amide bonds. The zero-order valence-corrected chi connectivity index (χ0v) is 13.7. The normalized spacial score (nSPS) is 12.3. The highest BCUT2D eigenvalue weighted by atomic mass is 32.2. The summed E-state index contributed by atoms with van der Waals surface area (Å²) in [5.41, 5.74) is 1.64. The Labute approximate surface area is 137 Å². The van der Waals surface area contributed by atoms with Gasteiger partial charge in [-0.05, 0) is 18.6 Å². The second-order valence-electron chi connectivity index (χ2n) is 4.85. The van der Waals surface area contributed by atoms with Crippen LogP contribution in [0.25, 0.3) is 16.7 Å². The lowest BCUT2D eigenvalue weighted by Gasteiger charge is -2.11. The highest BCUT2D eigenvalue weighted by Gasteiger charge is 2.21. The van der Waals surface area contributed by atoms with Crippen LogP contribution in [0.1, 0.15) is 13.3 Å². The average molecular weight is 328 g/mol. The number of hydrogen-bond acceptors (Lipinski definition) is 6. The maximum absolute atomic E-state index is 11.8. The van der Waals surface area contributed by atoms with Gasteiger partial charge in [0.05, 0.1) is 24.4 Å². The summed E-state index contributed by atoms with van der Waals surface area (Å²) >= 11 is 1.38. The molecule has 0 aliphatic heterocycles. The van der Waals surface area contributed by atoms with Crippen LogP contribution in [0.5, 0.6) is 0 Å². The van der Waals surface area contributed by atoms with Gasteiger partial charge in [0.15, 0.2) is 5.65 Å². The Hall–Kier alpha value is -2.41. The van der Waals surface area contributed by atoms with Crippen LogP contribution in [0.4, 0.5) is 0 Å². The zero-order valence-electron chi connectivity index (χ0n) is 12.8. The smallest absolute Gasteiger partial charge is 0.319 e. The van der Waals surface area contributed by atoms with Crippen LogP contribution in [0, 0.1) is 0 Å². The predicted molar refractivity (Wildman–Crippen MR) is 88.6 cm³/mol. The molecule has 0 bridgehead atoms. The van der Waals surface area contributed by atoms with Crippen LogP contribution < -0.4 is 0 Å². The molecule has 0 unspecified atom stereocenters. The van der Waals surface area contributed by atoms with E-state index in [1.54, 1.807) is 10.9 Å². The van der Waals surface area contributed by atoms with E-state index in [0.717, 1.165) is 16.1 Å². The molecule has 2 heterocycles. The average Bonchev–Trinajstić information content (AvgIpc) is 3.04. The van der Waals surface area contributed by atoms with Crippen molar-refractivity contribution in [3.05, 3.63) is 42.9 Å². The van der Waals surface area contributed by atoms with E-state index in [-0.39, 0.29) is 11.2 Å². The number of esters is 1. The summed E-state index contributed by atoms with van der Waals surface area (Å²) in [5, 5.41) is 5.67. The first-order chi connectivity index (χ1) is 11.2. The van der Waals surface area contributed by atoms with E-state index in [0.29, 0.717) is 12.1 Å². The van der Waals surface area contributed by atoms with Crippen LogP contribution in [-0.4, -0.2) is 38.1 Å². The first-order valence-electron chi connectivity index (χ1n) is 7.23. The molecule has 3 aromatic rings. The highest BCUT2D eigenvalue weighted by molar-refractivity contribution is 8.00. The molecule has 23 heavy (non-hydrogen) atoms. The molecule has 3 rings (SSSR count). The second-order valence-corrected chi connectivity index (χ2v) is 6.04. The molecule has 1 aromatic carbocycles. The second kappa shape index (κ2) is 6.78. The molecule has 0 spiro atoms. The van der Waals surface area contributed by atoms with Crippen molar-refractivity contribution < 1.29 is 9.53 Å². The van der Waals surface area contributed by atoms with Crippen molar-refractivity contribution in [2.45, 2.75) is 23.6 Å². The standard InChI is InChI=1S/C16H16N4O2S/c1-3-13(16(21)22-2)23-15-12-9-19-20(14(12)17-10-18-15)11-7-5-4-6-8-11/h4-10,13H,3H2,1-2H3/t13-/m0/s1. The summed E-state index contributed by atoms with van der Waals surface area (Å²) in [4.78, 5) is 20.4. The number of para-hydroxylation sites is 1. The van der Waals surface area contributed by atoms with E-state index in [1.807, 2.05) is 37.3 Å². The van der Waals surface area contributed by atoms with Crippen LogP contribution in [0.15, 0.2) is 47.9 Å². The largest absolute Gasteiger partial charge is 0.468 e. The molecule has 0 N–H and O–H groups in total. The maximum atomic E-state index is 11.8. The van der Waals surface area contributed by atoms with Crippen LogP contribution in [-0.2, 0) is 9.53 Å². The van der Waals surface area contributed by atoms with Crippen LogP contribution >= 0.6 is 11.8 Å². The molecule has 0 aliphatic carbocycles. The van der Waals surface area contributed by atoms with Gasteiger partial charge in [-0.1, -0.05) is 36.9 Å². The molecule has 0 saturated carbocycles. The van der Waals surface area contributed by atoms with E-state index in [9.17, 15) is 4.79 Å². The van der Waals surface area contributed by atoms with Crippen molar-refractivity contribution in [3.63, 3.8) is 0 Å². The summed E-state index contributed by atoms with van der Waals surface area (Å²) < 4.78 is 6.60. The molecule has 0 saturated heterocycles. The molecule has 0 radical (unpaired) electrons. The number of carbonyl (C=O) groups excluding carboxylic acids is 1. The summed E-state index contributed by atoms with van der Waals surface area (Å²) in [5.74, 6) is -0.250. The fraction of sp³-hybridized carbons (Fsp3) is 0.250. The Morgan fingerprint density at radius 1 is 1.30 bits per heavy atom. The van der Waals surface area contributed by atoms with Crippen molar-refractivity contribution in [1.82, 2.24) is 19.7 Å². The molecule has 1 atom stereocenters. The lowest BCUT2D eigenvalue weighted by atomic mass is 10.3.